The third-order valence-corrected chi connectivity index (χ3v) is 10.8. The predicted octanol–water partition coefficient (Wildman–Crippen LogP) is 10.3. The molecule has 3 rings (SSSR count). The van der Waals surface area contributed by atoms with Gasteiger partial charge in [-0.1, -0.05) is 110 Å². The lowest BCUT2D eigenvalue weighted by Crippen LogP contribution is -2.39. The average Bonchev–Trinajstić information content (AvgIpc) is 2.91. The SMILES string of the molecule is CCCCCCCC1CCC(C2CCC(CC[C@H]3CC[C@H](CCCC)CC3)(C(=O)OC)CC2)CC1. The molecule has 0 unspecified atom stereocenters. The maximum Gasteiger partial charge on any atom is 0.311 e. The van der Waals surface area contributed by atoms with Gasteiger partial charge in [0.25, 0.3) is 0 Å². The first-order chi connectivity index (χ1) is 17.1. The molecule has 3 aliphatic rings. The Bertz CT molecular complexity index is 560. The molecule has 0 bridgehead atoms. The summed E-state index contributed by atoms with van der Waals surface area (Å²) in [6, 6.07) is 0. The Morgan fingerprint density at radius 3 is 1.69 bits per heavy atom. The number of hydrogen-bond donors (Lipinski definition) is 0. The lowest BCUT2D eigenvalue weighted by atomic mass is 9.62. The van der Waals surface area contributed by atoms with Crippen LogP contribution in [-0.4, -0.2) is 13.1 Å². The van der Waals surface area contributed by atoms with Crippen molar-refractivity contribution in [1.29, 1.82) is 0 Å². The van der Waals surface area contributed by atoms with Crippen molar-refractivity contribution in [2.75, 3.05) is 7.11 Å². The van der Waals surface area contributed by atoms with Crippen molar-refractivity contribution >= 4 is 5.97 Å². The molecule has 0 aromatic carbocycles. The van der Waals surface area contributed by atoms with Crippen molar-refractivity contribution in [3.05, 3.63) is 0 Å². The summed E-state index contributed by atoms with van der Waals surface area (Å²) in [6.45, 7) is 4.62. The molecule has 0 N–H and O–H groups in total. The minimum absolute atomic E-state index is 0.111. The lowest BCUT2D eigenvalue weighted by molar-refractivity contribution is -0.157. The Morgan fingerprint density at radius 1 is 0.629 bits per heavy atom. The molecule has 0 spiro atoms. The van der Waals surface area contributed by atoms with Crippen molar-refractivity contribution in [1.82, 2.24) is 0 Å². The van der Waals surface area contributed by atoms with Gasteiger partial charge in [0.05, 0.1) is 12.5 Å². The molecular weight excluding hydrogens is 428 g/mol. The maximum atomic E-state index is 13.0. The summed E-state index contributed by atoms with van der Waals surface area (Å²) in [5.74, 6) is 4.74. The normalized spacial score (nSPS) is 34.0. The van der Waals surface area contributed by atoms with Crippen LogP contribution in [0.1, 0.15) is 162 Å². The van der Waals surface area contributed by atoms with Crippen LogP contribution in [0.3, 0.4) is 0 Å². The van der Waals surface area contributed by atoms with Gasteiger partial charge in [-0.25, -0.2) is 0 Å². The van der Waals surface area contributed by atoms with Crippen molar-refractivity contribution in [2.24, 2.45) is 35.0 Å². The van der Waals surface area contributed by atoms with Crippen LogP contribution >= 0.6 is 0 Å². The van der Waals surface area contributed by atoms with Crippen molar-refractivity contribution < 1.29 is 9.53 Å². The zero-order chi connectivity index (χ0) is 24.9. The lowest BCUT2D eigenvalue weighted by Gasteiger charge is -2.43. The van der Waals surface area contributed by atoms with E-state index in [1.807, 2.05) is 0 Å². The number of carbonyl (C=O) groups is 1. The molecule has 0 atom stereocenters. The van der Waals surface area contributed by atoms with E-state index in [9.17, 15) is 4.79 Å². The fourth-order valence-corrected chi connectivity index (χ4v) is 8.20. The molecule has 35 heavy (non-hydrogen) atoms. The molecule has 0 amide bonds. The van der Waals surface area contributed by atoms with Crippen molar-refractivity contribution in [3.8, 4) is 0 Å². The van der Waals surface area contributed by atoms with Crippen LogP contribution in [0, 0.1) is 35.0 Å². The third-order valence-electron chi connectivity index (χ3n) is 10.8. The summed E-state index contributed by atoms with van der Waals surface area (Å²) in [7, 11) is 1.62. The highest BCUT2D eigenvalue weighted by molar-refractivity contribution is 5.76. The molecule has 0 aromatic heterocycles. The average molecular weight is 489 g/mol. The number of esters is 1. The van der Waals surface area contributed by atoms with Gasteiger partial charge < -0.3 is 4.74 Å². The van der Waals surface area contributed by atoms with E-state index in [0.29, 0.717) is 0 Å². The van der Waals surface area contributed by atoms with Gasteiger partial charge in [0, 0.05) is 0 Å². The van der Waals surface area contributed by atoms with Gasteiger partial charge in [0.1, 0.15) is 0 Å². The van der Waals surface area contributed by atoms with E-state index in [1.54, 1.807) is 7.11 Å². The number of rotatable bonds is 14. The first-order valence-corrected chi connectivity index (χ1v) is 16.2. The van der Waals surface area contributed by atoms with Crippen molar-refractivity contribution in [3.63, 3.8) is 0 Å². The van der Waals surface area contributed by atoms with Gasteiger partial charge in [0.2, 0.25) is 0 Å². The molecule has 0 aliphatic heterocycles. The van der Waals surface area contributed by atoms with E-state index in [-0.39, 0.29) is 11.4 Å². The molecule has 2 heteroatoms. The number of hydrogen-bond acceptors (Lipinski definition) is 2. The summed E-state index contributed by atoms with van der Waals surface area (Å²) in [6.07, 6.45) is 31.3. The number of ether oxygens (including phenoxy) is 1. The second-order valence-electron chi connectivity index (χ2n) is 13.2. The van der Waals surface area contributed by atoms with Crippen LogP contribution in [0.5, 0.6) is 0 Å². The fraction of sp³-hybridized carbons (Fsp3) is 0.970. The monoisotopic (exact) mass is 488 g/mol. The Balaban J connectivity index is 1.38. The highest BCUT2D eigenvalue weighted by Gasteiger charge is 2.44. The second kappa shape index (κ2) is 15.7. The van der Waals surface area contributed by atoms with Crippen LogP contribution in [-0.2, 0) is 9.53 Å². The first-order valence-electron chi connectivity index (χ1n) is 16.2. The Labute approximate surface area is 219 Å². The third kappa shape index (κ3) is 9.07. The van der Waals surface area contributed by atoms with Crippen LogP contribution < -0.4 is 0 Å². The van der Waals surface area contributed by atoms with Crippen LogP contribution in [0.4, 0.5) is 0 Å². The molecule has 0 aromatic rings. The Hall–Kier alpha value is -0.530. The molecular formula is C33H60O2. The summed E-state index contributed by atoms with van der Waals surface area (Å²) < 4.78 is 5.41. The smallest absolute Gasteiger partial charge is 0.311 e. The predicted molar refractivity (Wildman–Crippen MR) is 149 cm³/mol. The van der Waals surface area contributed by atoms with Crippen molar-refractivity contribution in [2.45, 2.75) is 162 Å². The summed E-state index contributed by atoms with van der Waals surface area (Å²) in [5, 5.41) is 0. The van der Waals surface area contributed by atoms with E-state index < -0.39 is 0 Å². The van der Waals surface area contributed by atoms with E-state index in [0.717, 1.165) is 48.9 Å². The van der Waals surface area contributed by atoms with Gasteiger partial charge in [-0.2, -0.15) is 0 Å². The Kier molecular flexibility index (Phi) is 13.0. The van der Waals surface area contributed by atoms with Crippen LogP contribution in [0.15, 0.2) is 0 Å². The molecule has 3 aliphatic carbocycles. The highest BCUT2D eigenvalue weighted by Crippen LogP contribution is 2.49. The van der Waals surface area contributed by atoms with E-state index >= 15 is 0 Å². The van der Waals surface area contributed by atoms with Crippen LogP contribution in [0.25, 0.3) is 0 Å². The molecule has 0 heterocycles. The minimum atomic E-state index is -0.167. The molecule has 0 saturated heterocycles. The van der Waals surface area contributed by atoms with E-state index in [4.69, 9.17) is 4.74 Å². The fourth-order valence-electron chi connectivity index (χ4n) is 8.20. The maximum absolute atomic E-state index is 13.0. The zero-order valence-corrected chi connectivity index (χ0v) is 24.0. The summed E-state index contributed by atoms with van der Waals surface area (Å²) in [4.78, 5) is 13.0. The number of methoxy groups -OCH3 is 1. The number of carbonyl (C=O) groups excluding carboxylic acids is 1. The Morgan fingerprint density at radius 2 is 1.11 bits per heavy atom. The zero-order valence-electron chi connectivity index (χ0n) is 24.0. The standard InChI is InChI=1S/C33H60O2/c1-4-6-8-9-10-12-28-17-19-30(20-18-28)31-22-25-33(26-23-31,32(34)35-3)24-21-29-15-13-27(14-16-29)11-7-5-2/h27-31H,4-26H2,1-3H3/t27-,28?,29-,30?,31?,33?. The number of unbranched alkanes of at least 4 members (excludes halogenated alkanes) is 5. The molecule has 3 fully saturated rings. The quantitative estimate of drug-likeness (QED) is 0.179. The summed E-state index contributed by atoms with van der Waals surface area (Å²) >= 11 is 0. The van der Waals surface area contributed by atoms with Gasteiger partial charge >= 0.3 is 5.97 Å². The topological polar surface area (TPSA) is 26.3 Å². The highest BCUT2D eigenvalue weighted by atomic mass is 16.5. The first kappa shape index (κ1) is 29.0. The molecule has 204 valence electrons. The largest absolute Gasteiger partial charge is 0.469 e. The van der Waals surface area contributed by atoms with Gasteiger partial charge in [-0.15, -0.1) is 0 Å². The van der Waals surface area contributed by atoms with Gasteiger partial charge in [0.15, 0.2) is 0 Å². The minimum Gasteiger partial charge on any atom is -0.469 e. The molecule has 3 saturated carbocycles. The van der Waals surface area contributed by atoms with Crippen LogP contribution in [0.2, 0.25) is 0 Å². The molecule has 0 radical (unpaired) electrons. The van der Waals surface area contributed by atoms with Gasteiger partial charge in [-0.05, 0) is 81.0 Å². The van der Waals surface area contributed by atoms with E-state index in [1.165, 1.54) is 128 Å². The van der Waals surface area contributed by atoms with E-state index in [2.05, 4.69) is 13.8 Å². The summed E-state index contributed by atoms with van der Waals surface area (Å²) in [5.41, 5.74) is -0.167. The van der Waals surface area contributed by atoms with Gasteiger partial charge in [-0.3, -0.25) is 4.79 Å². The molecule has 2 nitrogen and oxygen atoms in total. The second-order valence-corrected chi connectivity index (χ2v) is 13.2.